The van der Waals surface area contributed by atoms with Gasteiger partial charge in [0.05, 0.1) is 18.4 Å². The maximum Gasteiger partial charge on any atom is 0.242 e. The van der Waals surface area contributed by atoms with Crippen LogP contribution in [0.1, 0.15) is 36.5 Å². The Balaban J connectivity index is 1.75. The first-order chi connectivity index (χ1) is 11.5. The number of hydrogen-bond acceptors (Lipinski definition) is 3. The predicted octanol–water partition coefficient (Wildman–Crippen LogP) is 4.55. The zero-order chi connectivity index (χ0) is 17.1. The van der Waals surface area contributed by atoms with Crippen LogP contribution in [0.15, 0.2) is 53.1 Å². The normalized spacial score (nSPS) is 11.0. The maximum absolute atomic E-state index is 12.2. The van der Waals surface area contributed by atoms with Crippen molar-refractivity contribution in [3.05, 3.63) is 65.4 Å². The smallest absolute Gasteiger partial charge is 0.242 e. The number of nitrogens with one attached hydrogen (secondary N) is 2. The van der Waals surface area contributed by atoms with E-state index in [0.717, 1.165) is 22.2 Å². The Bertz CT molecular complexity index is 851. The fraction of sp³-hybridized carbons (Fsp3) is 0.250. The number of furan rings is 1. The Labute approximate surface area is 141 Å². The molecule has 4 nitrogen and oxygen atoms in total. The minimum absolute atomic E-state index is 0.103. The van der Waals surface area contributed by atoms with Gasteiger partial charge in [-0.3, -0.25) is 15.6 Å². The summed E-state index contributed by atoms with van der Waals surface area (Å²) in [6.07, 6.45) is 1.95. The molecule has 0 bridgehead atoms. The fourth-order valence-corrected chi connectivity index (χ4v) is 2.88. The average Bonchev–Trinajstić information content (AvgIpc) is 2.94. The minimum atomic E-state index is -0.103. The molecule has 0 aliphatic carbocycles. The Morgan fingerprint density at radius 3 is 2.62 bits per heavy atom. The van der Waals surface area contributed by atoms with Crippen LogP contribution in [0.3, 0.4) is 0 Å². The lowest BCUT2D eigenvalue weighted by Gasteiger charge is -2.10. The van der Waals surface area contributed by atoms with Crippen molar-refractivity contribution < 1.29 is 9.21 Å². The lowest BCUT2D eigenvalue weighted by atomic mass is 9.95. The molecule has 0 saturated heterocycles. The number of aryl methyl sites for hydroxylation is 1. The van der Waals surface area contributed by atoms with E-state index < -0.39 is 0 Å². The lowest BCUT2D eigenvalue weighted by molar-refractivity contribution is -0.119. The summed E-state index contributed by atoms with van der Waals surface area (Å²) >= 11 is 0. The van der Waals surface area contributed by atoms with Crippen LogP contribution in [0, 0.1) is 6.92 Å². The van der Waals surface area contributed by atoms with Gasteiger partial charge in [-0.25, -0.2) is 0 Å². The number of carbonyl (C=O) groups excluding carboxylic acids is 1. The summed E-state index contributed by atoms with van der Waals surface area (Å²) in [6.45, 7) is 6.43. The van der Waals surface area contributed by atoms with E-state index in [4.69, 9.17) is 4.42 Å². The van der Waals surface area contributed by atoms with Gasteiger partial charge >= 0.3 is 0 Å². The Hall–Kier alpha value is -2.75. The SMILES string of the molecule is Cc1cc2occ(CC(=O)NNc3ccccc3)c2cc1C(C)C. The van der Waals surface area contributed by atoms with E-state index in [1.165, 1.54) is 11.1 Å². The molecule has 3 aromatic rings. The summed E-state index contributed by atoms with van der Waals surface area (Å²) in [7, 11) is 0. The summed E-state index contributed by atoms with van der Waals surface area (Å²) in [6, 6.07) is 13.7. The molecule has 0 unspecified atom stereocenters. The van der Waals surface area contributed by atoms with Crippen molar-refractivity contribution in [3.63, 3.8) is 0 Å². The van der Waals surface area contributed by atoms with Crippen LogP contribution in [0.5, 0.6) is 0 Å². The van der Waals surface area contributed by atoms with Crippen molar-refractivity contribution in [1.29, 1.82) is 0 Å². The van der Waals surface area contributed by atoms with Gasteiger partial charge in [0.1, 0.15) is 5.58 Å². The molecule has 2 N–H and O–H groups in total. The van der Waals surface area contributed by atoms with Gasteiger partial charge in [-0.05, 0) is 48.2 Å². The first kappa shape index (κ1) is 16.1. The summed E-state index contributed by atoms with van der Waals surface area (Å²) in [5.74, 6) is 0.332. The standard InChI is InChI=1S/C20H22N2O2/c1-13(2)17-11-18-15(12-24-19(18)9-14(17)3)10-20(23)22-21-16-7-5-4-6-8-16/h4-9,11-13,21H,10H2,1-3H3,(H,22,23). The maximum atomic E-state index is 12.2. The van der Waals surface area contributed by atoms with Gasteiger partial charge in [0.15, 0.2) is 0 Å². The Kier molecular flexibility index (Phi) is 4.56. The van der Waals surface area contributed by atoms with Crippen LogP contribution in [0.2, 0.25) is 0 Å². The summed E-state index contributed by atoms with van der Waals surface area (Å²) < 4.78 is 5.63. The van der Waals surface area contributed by atoms with Gasteiger partial charge in [-0.2, -0.15) is 0 Å². The molecule has 0 fully saturated rings. The number of para-hydroxylation sites is 1. The van der Waals surface area contributed by atoms with Crippen molar-refractivity contribution in [1.82, 2.24) is 5.43 Å². The fourth-order valence-electron chi connectivity index (χ4n) is 2.88. The lowest BCUT2D eigenvalue weighted by Crippen LogP contribution is -2.30. The van der Waals surface area contributed by atoms with Crippen molar-refractivity contribution in [2.24, 2.45) is 0 Å². The molecule has 1 aromatic heterocycles. The van der Waals surface area contributed by atoms with Crippen molar-refractivity contribution in [2.45, 2.75) is 33.1 Å². The average molecular weight is 322 g/mol. The molecule has 4 heteroatoms. The third-order valence-electron chi connectivity index (χ3n) is 4.14. The quantitative estimate of drug-likeness (QED) is 0.678. The highest BCUT2D eigenvalue weighted by Gasteiger charge is 2.13. The number of hydrogen-bond donors (Lipinski definition) is 2. The van der Waals surface area contributed by atoms with E-state index in [2.05, 4.69) is 37.7 Å². The van der Waals surface area contributed by atoms with E-state index in [9.17, 15) is 4.79 Å². The molecule has 0 atom stereocenters. The van der Waals surface area contributed by atoms with Crippen molar-refractivity contribution >= 4 is 22.6 Å². The second kappa shape index (κ2) is 6.79. The molecule has 3 rings (SSSR count). The molecular formula is C20H22N2O2. The first-order valence-electron chi connectivity index (χ1n) is 8.15. The van der Waals surface area contributed by atoms with Crippen molar-refractivity contribution in [2.75, 3.05) is 5.43 Å². The molecule has 1 amide bonds. The zero-order valence-electron chi connectivity index (χ0n) is 14.2. The highest BCUT2D eigenvalue weighted by atomic mass is 16.3. The van der Waals surface area contributed by atoms with Crippen LogP contribution < -0.4 is 10.9 Å². The van der Waals surface area contributed by atoms with E-state index in [1.807, 2.05) is 36.4 Å². The third-order valence-corrected chi connectivity index (χ3v) is 4.14. The number of hydrazine groups is 1. The molecule has 0 saturated carbocycles. The number of fused-ring (bicyclic) bond motifs is 1. The number of benzene rings is 2. The van der Waals surface area contributed by atoms with E-state index in [0.29, 0.717) is 5.92 Å². The molecule has 1 heterocycles. The monoisotopic (exact) mass is 322 g/mol. The Morgan fingerprint density at radius 2 is 1.92 bits per heavy atom. The second-order valence-electron chi connectivity index (χ2n) is 6.34. The van der Waals surface area contributed by atoms with Gasteiger partial charge in [0.25, 0.3) is 0 Å². The minimum Gasteiger partial charge on any atom is -0.464 e. The number of rotatable bonds is 5. The highest BCUT2D eigenvalue weighted by molar-refractivity contribution is 5.89. The van der Waals surface area contributed by atoms with Crippen molar-refractivity contribution in [3.8, 4) is 0 Å². The second-order valence-corrected chi connectivity index (χ2v) is 6.34. The number of carbonyl (C=O) groups is 1. The van der Waals surface area contributed by atoms with Crippen LogP contribution in [0.25, 0.3) is 11.0 Å². The van der Waals surface area contributed by atoms with Gasteiger partial charge in [0.2, 0.25) is 5.91 Å². The molecule has 24 heavy (non-hydrogen) atoms. The molecule has 0 aliphatic heterocycles. The molecular weight excluding hydrogens is 300 g/mol. The molecule has 0 spiro atoms. The van der Waals surface area contributed by atoms with E-state index >= 15 is 0 Å². The summed E-state index contributed by atoms with van der Waals surface area (Å²) in [5.41, 5.74) is 10.7. The topological polar surface area (TPSA) is 54.3 Å². The van der Waals surface area contributed by atoms with Crippen LogP contribution in [0.4, 0.5) is 5.69 Å². The predicted molar refractivity (Wildman–Crippen MR) is 97.0 cm³/mol. The van der Waals surface area contributed by atoms with Crippen LogP contribution in [-0.4, -0.2) is 5.91 Å². The van der Waals surface area contributed by atoms with Gasteiger partial charge in [-0.15, -0.1) is 0 Å². The molecule has 0 radical (unpaired) electrons. The highest BCUT2D eigenvalue weighted by Crippen LogP contribution is 2.29. The van der Waals surface area contributed by atoms with E-state index in [-0.39, 0.29) is 12.3 Å². The number of anilines is 1. The van der Waals surface area contributed by atoms with Crippen LogP contribution >= 0.6 is 0 Å². The first-order valence-corrected chi connectivity index (χ1v) is 8.15. The van der Waals surface area contributed by atoms with Gasteiger partial charge in [0, 0.05) is 10.9 Å². The third kappa shape index (κ3) is 3.43. The largest absolute Gasteiger partial charge is 0.464 e. The molecule has 124 valence electrons. The molecule has 0 aliphatic rings. The number of amides is 1. The van der Waals surface area contributed by atoms with Gasteiger partial charge in [-0.1, -0.05) is 32.0 Å². The zero-order valence-corrected chi connectivity index (χ0v) is 14.2. The summed E-state index contributed by atoms with van der Waals surface area (Å²) in [5, 5.41) is 1.01. The van der Waals surface area contributed by atoms with E-state index in [1.54, 1.807) is 6.26 Å². The Morgan fingerprint density at radius 1 is 1.17 bits per heavy atom. The van der Waals surface area contributed by atoms with Crippen LogP contribution in [-0.2, 0) is 11.2 Å². The molecule has 2 aromatic carbocycles. The van der Waals surface area contributed by atoms with Gasteiger partial charge < -0.3 is 4.42 Å². The summed E-state index contributed by atoms with van der Waals surface area (Å²) in [4.78, 5) is 12.2.